The predicted octanol–water partition coefficient (Wildman–Crippen LogP) is 13.1. The molecule has 2 atom stereocenters. The molecule has 0 radical (unpaired) electrons. The molecule has 6 aromatic rings. The number of aliphatic hydroxyl groups excluding tert-OH is 1. The molecule has 3 aliphatic rings. The van der Waals surface area contributed by atoms with E-state index in [1.54, 1.807) is 71.6 Å². The molecule has 87 heavy (non-hydrogen) atoms. The minimum atomic E-state index is -4.53. The van der Waals surface area contributed by atoms with Crippen LogP contribution in [0.5, 0.6) is 5.75 Å². The van der Waals surface area contributed by atoms with Crippen LogP contribution in [0.3, 0.4) is 0 Å². The van der Waals surface area contributed by atoms with Gasteiger partial charge in [-0.2, -0.15) is 8.78 Å². The number of hydrogen-bond acceptors (Lipinski definition) is 10. The van der Waals surface area contributed by atoms with Crippen LogP contribution in [0, 0.1) is 0 Å². The van der Waals surface area contributed by atoms with E-state index in [-0.39, 0.29) is 36.9 Å². The van der Waals surface area contributed by atoms with Gasteiger partial charge in [0.05, 0.1) is 31.7 Å². The number of alkyl halides is 4. The van der Waals surface area contributed by atoms with E-state index >= 15 is 0 Å². The standard InChI is InChI=1S/C32H29F4N3O7.C31H31Cl2N3O5/c33-31(34)25-16-23(12-15-27(25)45-32(35,36)46-31)38-30(44)39(24-13-10-21(11-14-24)20-4-2-1-3-5-20)18-19-6-8-22(9-7-19)28(41)37-17-26(40)29(42)43;1-41-28(30(38)39)18-34-29(37)23-9-7-20(8-10-23)19-36(31(40)35-26-16-24(32)15-25(33)17-26)27-13-11-22(12-14-27)21-5-3-2-4-6-21/h4,6-16,26,40H,1-3,5,17-18H2,(H,37,41)(H,38,44)(H,42,43);5,7-17,28H,2-4,6,18-19H2,1H3,(H,34,37)(H,35,40)(H,38,39)/t26-;/m1./s1. The third kappa shape index (κ3) is 17.7. The van der Waals surface area contributed by atoms with E-state index in [0.29, 0.717) is 38.2 Å². The molecule has 6 amide bonds. The average Bonchev–Trinajstić information content (AvgIpc) is 3.42. The Bertz CT molecular complexity index is 3520. The van der Waals surface area contributed by atoms with Crippen LogP contribution in [-0.4, -0.2) is 89.8 Å². The molecular weight excluding hydrogens is 1180 g/mol. The number of nitrogens with zero attached hydrogens (tertiary/aromatic N) is 2. The van der Waals surface area contributed by atoms with Crippen LogP contribution in [0.15, 0.2) is 146 Å². The second-order valence-electron chi connectivity index (χ2n) is 20.4. The van der Waals surface area contributed by atoms with Crippen LogP contribution in [0.2, 0.25) is 10.0 Å². The van der Waals surface area contributed by atoms with Gasteiger partial charge in [0.25, 0.3) is 11.8 Å². The Morgan fingerprint density at radius 3 is 1.51 bits per heavy atom. The number of urea groups is 2. The summed E-state index contributed by atoms with van der Waals surface area (Å²) in [5, 5.41) is 38.3. The summed E-state index contributed by atoms with van der Waals surface area (Å²) < 4.78 is 68.1. The Hall–Kier alpha value is -8.80. The molecule has 6 aromatic carbocycles. The SMILES string of the molecule is COC(CNC(=O)c1ccc(CN(C(=O)Nc2cc(Cl)cc(Cl)c2)c2ccc(C3=CCCCC3)cc2)cc1)C(=O)O.O=C(NC[C@@H](O)C(=O)O)c1ccc(CN(C(=O)Nc2ccc3c(c2)C(F)(F)OC(F)(F)O3)c2ccc(C3=CCCCC3)cc2)cc1. The first-order chi connectivity index (χ1) is 41.5. The van der Waals surface area contributed by atoms with Gasteiger partial charge in [-0.3, -0.25) is 19.4 Å². The van der Waals surface area contributed by atoms with E-state index in [1.807, 2.05) is 36.4 Å². The lowest BCUT2D eigenvalue weighted by molar-refractivity contribution is -0.461. The Kier molecular flexibility index (Phi) is 21.4. The molecule has 0 saturated heterocycles. The van der Waals surface area contributed by atoms with Crippen LogP contribution in [0.1, 0.15) is 99.9 Å². The van der Waals surface area contributed by atoms with Crippen molar-refractivity contribution in [2.45, 2.75) is 89.1 Å². The summed E-state index contributed by atoms with van der Waals surface area (Å²) in [7, 11) is 1.27. The zero-order valence-electron chi connectivity index (χ0n) is 46.7. The van der Waals surface area contributed by atoms with E-state index < -0.39 is 72.3 Å². The quantitative estimate of drug-likeness (QED) is 0.0375. The Morgan fingerprint density at radius 2 is 1.07 bits per heavy atom. The number of aliphatic hydroxyl groups is 1. The molecule has 1 aliphatic heterocycles. The van der Waals surface area contributed by atoms with E-state index in [1.165, 1.54) is 48.1 Å². The van der Waals surface area contributed by atoms with Crippen molar-refractivity contribution in [1.29, 1.82) is 0 Å². The number of anilines is 4. The first-order valence-corrected chi connectivity index (χ1v) is 28.2. The molecule has 0 bridgehead atoms. The van der Waals surface area contributed by atoms with E-state index in [9.17, 15) is 51.4 Å². The molecule has 2 aliphatic carbocycles. The summed E-state index contributed by atoms with van der Waals surface area (Å²) >= 11 is 12.3. The number of methoxy groups -OCH3 is 1. The molecule has 1 heterocycles. The summed E-state index contributed by atoms with van der Waals surface area (Å²) in [4.78, 5) is 76.9. The number of carbonyl (C=O) groups excluding carboxylic acids is 4. The van der Waals surface area contributed by atoms with Crippen molar-refractivity contribution in [2.75, 3.05) is 40.6 Å². The van der Waals surface area contributed by atoms with Crippen molar-refractivity contribution in [3.8, 4) is 5.75 Å². The summed E-state index contributed by atoms with van der Waals surface area (Å²) in [6.07, 6.45) is 1.24. The zero-order valence-corrected chi connectivity index (χ0v) is 48.2. The lowest BCUT2D eigenvalue weighted by Crippen LogP contribution is -2.41. The number of halogens is 6. The molecule has 24 heteroatoms. The zero-order chi connectivity index (χ0) is 62.4. The van der Waals surface area contributed by atoms with E-state index in [0.717, 1.165) is 73.4 Å². The largest absolute Gasteiger partial charge is 0.540 e. The normalized spacial score (nSPS) is 15.4. The molecule has 7 N–H and O–H groups in total. The molecule has 0 spiro atoms. The highest BCUT2D eigenvalue weighted by molar-refractivity contribution is 6.35. The van der Waals surface area contributed by atoms with Crippen molar-refractivity contribution in [3.63, 3.8) is 0 Å². The fourth-order valence-corrected chi connectivity index (χ4v) is 10.1. The number of carboxylic acids is 2. The monoisotopic (exact) mass is 1240 g/mol. The van der Waals surface area contributed by atoms with Crippen molar-refractivity contribution >= 4 is 92.9 Å². The summed E-state index contributed by atoms with van der Waals surface area (Å²) in [5.41, 5.74) is 7.02. The number of hydrogen-bond donors (Lipinski definition) is 7. The molecule has 18 nitrogen and oxygen atoms in total. The van der Waals surface area contributed by atoms with Gasteiger partial charge in [0.15, 0.2) is 12.2 Å². The third-order valence-electron chi connectivity index (χ3n) is 14.2. The van der Waals surface area contributed by atoms with Crippen molar-refractivity contribution < 1.29 is 75.9 Å². The molecule has 456 valence electrons. The number of carbonyl (C=O) groups is 6. The van der Waals surface area contributed by atoms with Gasteiger partial charge in [-0.25, -0.2) is 23.9 Å². The highest BCUT2D eigenvalue weighted by Crippen LogP contribution is 2.47. The minimum Gasteiger partial charge on any atom is -0.479 e. The first-order valence-electron chi connectivity index (χ1n) is 27.5. The lowest BCUT2D eigenvalue weighted by atomic mass is 9.93. The van der Waals surface area contributed by atoms with Gasteiger partial charge in [0.1, 0.15) is 5.75 Å². The molecule has 0 fully saturated rings. The van der Waals surface area contributed by atoms with E-state index in [2.05, 4.69) is 42.9 Å². The number of benzene rings is 6. The van der Waals surface area contributed by atoms with Crippen LogP contribution >= 0.6 is 23.2 Å². The topological polar surface area (TPSA) is 245 Å². The average molecular weight is 1240 g/mol. The molecular formula is C63H60Cl2F4N6O12. The maximum Gasteiger partial charge on any atom is 0.540 e. The molecule has 1 unspecified atom stereocenters. The van der Waals surface area contributed by atoms with Gasteiger partial charge < -0.3 is 46.1 Å². The molecule has 0 saturated carbocycles. The number of rotatable bonds is 19. The highest BCUT2D eigenvalue weighted by Gasteiger charge is 2.54. The van der Waals surface area contributed by atoms with Crippen LogP contribution in [0.25, 0.3) is 11.1 Å². The second kappa shape index (κ2) is 29.1. The first kappa shape index (κ1) is 64.2. The van der Waals surface area contributed by atoms with Crippen molar-refractivity contribution in [2.24, 2.45) is 0 Å². The van der Waals surface area contributed by atoms with Gasteiger partial charge in [-0.1, -0.05) is 83.9 Å². The van der Waals surface area contributed by atoms with Gasteiger partial charge in [0, 0.05) is 51.0 Å². The summed E-state index contributed by atoms with van der Waals surface area (Å²) in [6, 6.07) is 34.4. The van der Waals surface area contributed by atoms with Crippen molar-refractivity contribution in [1.82, 2.24) is 10.6 Å². The summed E-state index contributed by atoms with van der Waals surface area (Å²) in [6.45, 7) is -0.477. The predicted molar refractivity (Wildman–Crippen MR) is 319 cm³/mol. The van der Waals surface area contributed by atoms with Gasteiger partial charge in [-0.15, -0.1) is 8.78 Å². The van der Waals surface area contributed by atoms with Crippen LogP contribution in [0.4, 0.5) is 49.9 Å². The van der Waals surface area contributed by atoms with Crippen LogP contribution < -0.4 is 35.8 Å². The molecule has 9 rings (SSSR count). The number of nitrogens with one attached hydrogen (secondary N) is 4. The third-order valence-corrected chi connectivity index (χ3v) is 14.6. The lowest BCUT2D eigenvalue weighted by Gasteiger charge is -2.31. The molecule has 0 aromatic heterocycles. The summed E-state index contributed by atoms with van der Waals surface area (Å²) in [5.74, 6) is -4.50. The minimum absolute atomic E-state index is 0.0347. The second-order valence-corrected chi connectivity index (χ2v) is 21.2. The van der Waals surface area contributed by atoms with Gasteiger partial charge in [-0.05, 0) is 170 Å². The number of aliphatic carboxylic acids is 2. The van der Waals surface area contributed by atoms with Crippen molar-refractivity contribution in [3.05, 3.63) is 195 Å². The number of allylic oxidation sites excluding steroid dienone is 4. The fourth-order valence-electron chi connectivity index (χ4n) is 9.58. The van der Waals surface area contributed by atoms with Gasteiger partial charge in [0.2, 0.25) is 0 Å². The van der Waals surface area contributed by atoms with E-state index in [4.69, 9.17) is 38.2 Å². The Labute approximate surface area is 507 Å². The maximum absolute atomic E-state index is 14.3. The number of carboxylic acid groups (broad SMARTS) is 2. The van der Waals surface area contributed by atoms with Gasteiger partial charge >= 0.3 is 36.4 Å². The van der Waals surface area contributed by atoms with Crippen LogP contribution in [-0.2, 0) is 38.3 Å². The highest BCUT2D eigenvalue weighted by atomic mass is 35.5. The number of ether oxygens (including phenoxy) is 3. The number of amides is 6. The maximum atomic E-state index is 14.3. The number of fused-ring (bicyclic) bond motifs is 1. The fraction of sp³-hybridized carbons (Fsp3) is 0.270. The Balaban J connectivity index is 0.000000227. The smallest absolute Gasteiger partial charge is 0.479 e. The Morgan fingerprint density at radius 1 is 0.598 bits per heavy atom.